The summed E-state index contributed by atoms with van der Waals surface area (Å²) in [5, 5.41) is 3.21. The Bertz CT molecular complexity index is 642. The van der Waals surface area contributed by atoms with Gasteiger partial charge in [-0.1, -0.05) is 29.3 Å². The summed E-state index contributed by atoms with van der Waals surface area (Å²) >= 11 is 11.7. The molecule has 20 heavy (non-hydrogen) atoms. The van der Waals surface area contributed by atoms with Gasteiger partial charge in [-0.3, -0.25) is 0 Å². The molecule has 0 bridgehead atoms. The van der Waals surface area contributed by atoms with Gasteiger partial charge in [0.15, 0.2) is 0 Å². The first-order chi connectivity index (χ1) is 9.29. The molecule has 0 amide bonds. The average molecular weight is 321 g/mol. The Kier molecular flexibility index (Phi) is 4.01. The Morgan fingerprint density at radius 3 is 2.30 bits per heavy atom. The van der Waals surface area contributed by atoms with Crippen LogP contribution in [-0.4, -0.2) is 0 Å². The summed E-state index contributed by atoms with van der Waals surface area (Å²) in [7, 11) is 0. The van der Waals surface area contributed by atoms with E-state index in [1.807, 2.05) is 0 Å². The summed E-state index contributed by atoms with van der Waals surface area (Å²) in [5.41, 5.74) is 5.68. The number of nitrogens with two attached hydrogens (primary N) is 1. The SMILES string of the molecule is Nc1c(Cl)cccc1Nc1cc(C(F)(F)F)ccc1Cl. The molecule has 2 rings (SSSR count). The minimum atomic E-state index is -4.44. The van der Waals surface area contributed by atoms with Crippen molar-refractivity contribution >= 4 is 40.3 Å². The van der Waals surface area contributed by atoms with Gasteiger partial charge in [0.05, 0.1) is 32.7 Å². The maximum atomic E-state index is 12.7. The van der Waals surface area contributed by atoms with E-state index in [1.54, 1.807) is 18.2 Å². The molecule has 0 aromatic heterocycles. The summed E-state index contributed by atoms with van der Waals surface area (Å²) in [6.45, 7) is 0. The van der Waals surface area contributed by atoms with Crippen molar-refractivity contribution in [2.24, 2.45) is 0 Å². The quantitative estimate of drug-likeness (QED) is 0.733. The van der Waals surface area contributed by atoms with Crippen LogP contribution in [0.3, 0.4) is 0 Å². The molecule has 106 valence electrons. The van der Waals surface area contributed by atoms with Crippen LogP contribution in [0, 0.1) is 0 Å². The van der Waals surface area contributed by atoms with E-state index in [-0.39, 0.29) is 16.4 Å². The molecular formula is C13H9Cl2F3N2. The number of nitrogen functional groups attached to an aromatic ring is 1. The van der Waals surface area contributed by atoms with Crippen LogP contribution in [0.4, 0.5) is 30.2 Å². The van der Waals surface area contributed by atoms with Crippen molar-refractivity contribution in [3.05, 3.63) is 52.0 Å². The first-order valence-electron chi connectivity index (χ1n) is 5.47. The number of nitrogens with one attached hydrogen (secondary N) is 1. The molecule has 0 heterocycles. The molecule has 0 unspecified atom stereocenters. The summed E-state index contributed by atoms with van der Waals surface area (Å²) in [6, 6.07) is 7.81. The molecule has 0 aliphatic carbocycles. The summed E-state index contributed by atoms with van der Waals surface area (Å²) in [6.07, 6.45) is -4.44. The van der Waals surface area contributed by atoms with Crippen molar-refractivity contribution in [1.29, 1.82) is 0 Å². The fourth-order valence-electron chi connectivity index (χ4n) is 1.59. The third kappa shape index (κ3) is 3.11. The Balaban J connectivity index is 2.41. The van der Waals surface area contributed by atoms with E-state index in [0.717, 1.165) is 12.1 Å². The maximum absolute atomic E-state index is 12.7. The first kappa shape index (κ1) is 14.8. The lowest BCUT2D eigenvalue weighted by atomic mass is 10.2. The van der Waals surface area contributed by atoms with Crippen molar-refractivity contribution in [2.45, 2.75) is 6.18 Å². The lowest BCUT2D eigenvalue weighted by Crippen LogP contribution is -2.06. The number of alkyl halides is 3. The largest absolute Gasteiger partial charge is 0.416 e. The highest BCUT2D eigenvalue weighted by Crippen LogP contribution is 2.36. The number of halogens is 5. The molecule has 3 N–H and O–H groups in total. The van der Waals surface area contributed by atoms with Crippen molar-refractivity contribution in [1.82, 2.24) is 0 Å². The molecule has 0 aliphatic rings. The third-order valence-electron chi connectivity index (χ3n) is 2.62. The highest BCUT2D eigenvalue weighted by Gasteiger charge is 2.31. The molecular weight excluding hydrogens is 312 g/mol. The lowest BCUT2D eigenvalue weighted by Gasteiger charge is -2.14. The Labute approximate surface area is 123 Å². The second kappa shape index (κ2) is 5.42. The third-order valence-corrected chi connectivity index (χ3v) is 3.28. The fourth-order valence-corrected chi connectivity index (χ4v) is 1.93. The maximum Gasteiger partial charge on any atom is 0.416 e. The molecule has 2 aromatic carbocycles. The van der Waals surface area contributed by atoms with E-state index in [4.69, 9.17) is 28.9 Å². The second-order valence-electron chi connectivity index (χ2n) is 4.02. The van der Waals surface area contributed by atoms with Crippen LogP contribution in [0.5, 0.6) is 0 Å². The standard InChI is InChI=1S/C13H9Cl2F3N2/c14-8-5-4-7(13(16,17)18)6-11(8)20-10-3-1-2-9(15)12(10)19/h1-6,20H,19H2. The fraction of sp³-hybridized carbons (Fsp3) is 0.0769. The highest BCUT2D eigenvalue weighted by molar-refractivity contribution is 6.34. The number of rotatable bonds is 2. The van der Waals surface area contributed by atoms with E-state index in [0.29, 0.717) is 10.7 Å². The Hall–Kier alpha value is -1.59. The van der Waals surface area contributed by atoms with Gasteiger partial charge in [0.25, 0.3) is 0 Å². The van der Waals surface area contributed by atoms with Gasteiger partial charge >= 0.3 is 6.18 Å². The molecule has 0 fully saturated rings. The van der Waals surface area contributed by atoms with Gasteiger partial charge in [-0.2, -0.15) is 13.2 Å². The molecule has 0 spiro atoms. The number of anilines is 3. The average Bonchev–Trinajstić information content (AvgIpc) is 2.36. The van der Waals surface area contributed by atoms with E-state index in [9.17, 15) is 13.2 Å². The zero-order chi connectivity index (χ0) is 14.9. The van der Waals surface area contributed by atoms with Crippen molar-refractivity contribution in [3.8, 4) is 0 Å². The number of hydrogen-bond donors (Lipinski definition) is 2. The van der Waals surface area contributed by atoms with Crippen LogP contribution < -0.4 is 11.1 Å². The van der Waals surface area contributed by atoms with Gasteiger partial charge < -0.3 is 11.1 Å². The van der Waals surface area contributed by atoms with Crippen LogP contribution in [0.2, 0.25) is 10.0 Å². The summed E-state index contributed by atoms with van der Waals surface area (Å²) < 4.78 is 38.0. The van der Waals surface area contributed by atoms with Gasteiger partial charge in [0.1, 0.15) is 0 Å². The molecule has 0 radical (unpaired) electrons. The van der Waals surface area contributed by atoms with Crippen molar-refractivity contribution in [3.63, 3.8) is 0 Å². The van der Waals surface area contributed by atoms with E-state index < -0.39 is 11.7 Å². The zero-order valence-electron chi connectivity index (χ0n) is 9.93. The minimum absolute atomic E-state index is 0.107. The topological polar surface area (TPSA) is 38.0 Å². The van der Waals surface area contributed by atoms with Crippen molar-refractivity contribution < 1.29 is 13.2 Å². The Morgan fingerprint density at radius 1 is 0.950 bits per heavy atom. The number of benzene rings is 2. The van der Waals surface area contributed by atoms with Gasteiger partial charge in [-0.25, -0.2) is 0 Å². The highest BCUT2D eigenvalue weighted by atomic mass is 35.5. The van der Waals surface area contributed by atoms with Gasteiger partial charge in [0, 0.05) is 0 Å². The minimum Gasteiger partial charge on any atom is -0.396 e. The van der Waals surface area contributed by atoms with Gasteiger partial charge in [-0.15, -0.1) is 0 Å². The molecule has 0 aliphatic heterocycles. The van der Waals surface area contributed by atoms with E-state index >= 15 is 0 Å². The molecule has 0 saturated carbocycles. The predicted molar refractivity (Wildman–Crippen MR) is 75.6 cm³/mol. The lowest BCUT2D eigenvalue weighted by molar-refractivity contribution is -0.137. The first-order valence-corrected chi connectivity index (χ1v) is 6.22. The van der Waals surface area contributed by atoms with Gasteiger partial charge in [-0.05, 0) is 30.3 Å². The monoisotopic (exact) mass is 320 g/mol. The summed E-state index contributed by atoms with van der Waals surface area (Å²) in [4.78, 5) is 0. The van der Waals surface area contributed by atoms with E-state index in [2.05, 4.69) is 5.32 Å². The van der Waals surface area contributed by atoms with Crippen LogP contribution in [-0.2, 0) is 6.18 Å². The molecule has 0 atom stereocenters. The molecule has 2 aromatic rings. The van der Waals surface area contributed by atoms with E-state index in [1.165, 1.54) is 6.07 Å². The van der Waals surface area contributed by atoms with Gasteiger partial charge in [0.2, 0.25) is 0 Å². The zero-order valence-corrected chi connectivity index (χ0v) is 11.4. The Morgan fingerprint density at radius 2 is 1.65 bits per heavy atom. The van der Waals surface area contributed by atoms with Crippen LogP contribution in [0.1, 0.15) is 5.56 Å². The number of para-hydroxylation sites is 1. The van der Waals surface area contributed by atoms with Crippen LogP contribution in [0.15, 0.2) is 36.4 Å². The number of hydrogen-bond acceptors (Lipinski definition) is 2. The predicted octanol–water partition coefficient (Wildman–Crippen LogP) is 5.34. The molecule has 2 nitrogen and oxygen atoms in total. The second-order valence-corrected chi connectivity index (χ2v) is 4.83. The summed E-state index contributed by atoms with van der Waals surface area (Å²) in [5.74, 6) is 0. The molecule has 7 heteroatoms. The molecule has 0 saturated heterocycles. The smallest absolute Gasteiger partial charge is 0.396 e. The normalized spacial score (nSPS) is 11.4. The van der Waals surface area contributed by atoms with Crippen LogP contribution >= 0.6 is 23.2 Å². The van der Waals surface area contributed by atoms with Crippen LogP contribution in [0.25, 0.3) is 0 Å². The van der Waals surface area contributed by atoms with Crippen molar-refractivity contribution in [2.75, 3.05) is 11.1 Å².